The van der Waals surface area contributed by atoms with E-state index in [2.05, 4.69) is 15.6 Å². The van der Waals surface area contributed by atoms with Crippen LogP contribution in [0.25, 0.3) is 10.2 Å². The zero-order valence-corrected chi connectivity index (χ0v) is 12.0. The van der Waals surface area contributed by atoms with Crippen molar-refractivity contribution in [2.75, 3.05) is 25.6 Å². The SMILES string of the molecule is COc1ccc2nc(NC(=O)C3COCC(=O)N3)sc2c1. The molecule has 1 saturated heterocycles. The van der Waals surface area contributed by atoms with Gasteiger partial charge in [0.05, 0.1) is 23.9 Å². The molecule has 1 aliphatic heterocycles. The van der Waals surface area contributed by atoms with E-state index in [0.29, 0.717) is 5.13 Å². The lowest BCUT2D eigenvalue weighted by Crippen LogP contribution is -2.51. The lowest BCUT2D eigenvalue weighted by atomic mass is 10.2. The fraction of sp³-hybridized carbons (Fsp3) is 0.308. The summed E-state index contributed by atoms with van der Waals surface area (Å²) in [5.74, 6) is 0.0986. The molecule has 0 bridgehead atoms. The molecule has 3 rings (SSSR count). The normalized spacial score (nSPS) is 18.3. The number of hydrogen-bond donors (Lipinski definition) is 2. The van der Waals surface area contributed by atoms with Gasteiger partial charge in [0.2, 0.25) is 5.91 Å². The third-order valence-corrected chi connectivity index (χ3v) is 3.93. The van der Waals surface area contributed by atoms with E-state index >= 15 is 0 Å². The molecular formula is C13H13N3O4S. The molecular weight excluding hydrogens is 294 g/mol. The number of aromatic nitrogens is 1. The molecule has 0 radical (unpaired) electrons. The zero-order chi connectivity index (χ0) is 14.8. The second kappa shape index (κ2) is 5.66. The third-order valence-electron chi connectivity index (χ3n) is 3.00. The van der Waals surface area contributed by atoms with Crippen LogP contribution in [0.4, 0.5) is 5.13 Å². The molecule has 1 aliphatic rings. The fourth-order valence-electron chi connectivity index (χ4n) is 1.97. The number of thiazole rings is 1. The molecule has 2 aromatic rings. The number of morpholine rings is 1. The fourth-order valence-corrected chi connectivity index (χ4v) is 2.86. The van der Waals surface area contributed by atoms with E-state index < -0.39 is 6.04 Å². The van der Waals surface area contributed by atoms with E-state index in [1.54, 1.807) is 7.11 Å². The summed E-state index contributed by atoms with van der Waals surface area (Å²) in [4.78, 5) is 27.6. The number of ether oxygens (including phenoxy) is 2. The van der Waals surface area contributed by atoms with Gasteiger partial charge in [0.25, 0.3) is 5.91 Å². The number of rotatable bonds is 3. The number of amides is 2. The monoisotopic (exact) mass is 307 g/mol. The Morgan fingerprint density at radius 1 is 1.57 bits per heavy atom. The predicted molar refractivity (Wildman–Crippen MR) is 77.6 cm³/mol. The summed E-state index contributed by atoms with van der Waals surface area (Å²) in [6.45, 7) is 0.154. The number of fused-ring (bicyclic) bond motifs is 1. The Kier molecular flexibility index (Phi) is 3.72. The van der Waals surface area contributed by atoms with Crippen molar-refractivity contribution in [1.82, 2.24) is 10.3 Å². The minimum atomic E-state index is -0.687. The van der Waals surface area contributed by atoms with E-state index in [1.165, 1.54) is 11.3 Å². The van der Waals surface area contributed by atoms with Crippen LogP contribution in [-0.4, -0.2) is 43.2 Å². The van der Waals surface area contributed by atoms with Gasteiger partial charge in [0.15, 0.2) is 5.13 Å². The summed E-state index contributed by atoms with van der Waals surface area (Å²) in [7, 11) is 1.59. The molecule has 1 unspecified atom stereocenters. The molecule has 2 amide bonds. The van der Waals surface area contributed by atoms with E-state index in [9.17, 15) is 9.59 Å². The van der Waals surface area contributed by atoms with Gasteiger partial charge in [-0.25, -0.2) is 4.98 Å². The topological polar surface area (TPSA) is 89.6 Å². The number of anilines is 1. The zero-order valence-electron chi connectivity index (χ0n) is 11.2. The predicted octanol–water partition coefficient (Wildman–Crippen LogP) is 0.758. The average Bonchev–Trinajstić information content (AvgIpc) is 2.88. The Hall–Kier alpha value is -2.19. The van der Waals surface area contributed by atoms with Gasteiger partial charge in [-0.1, -0.05) is 11.3 Å². The number of carbonyl (C=O) groups excluding carboxylic acids is 2. The number of methoxy groups -OCH3 is 1. The Morgan fingerprint density at radius 2 is 2.43 bits per heavy atom. The lowest BCUT2D eigenvalue weighted by molar-refractivity contribution is -0.136. The number of benzene rings is 1. The largest absolute Gasteiger partial charge is 0.497 e. The van der Waals surface area contributed by atoms with Crippen LogP contribution in [0.2, 0.25) is 0 Å². The van der Waals surface area contributed by atoms with Gasteiger partial charge in [0.1, 0.15) is 18.4 Å². The maximum Gasteiger partial charge on any atom is 0.251 e. The highest BCUT2D eigenvalue weighted by Gasteiger charge is 2.26. The molecule has 0 spiro atoms. The quantitative estimate of drug-likeness (QED) is 0.874. The first-order chi connectivity index (χ1) is 10.2. The van der Waals surface area contributed by atoms with E-state index in [0.717, 1.165) is 16.0 Å². The molecule has 0 saturated carbocycles. The average molecular weight is 307 g/mol. The first-order valence-electron chi connectivity index (χ1n) is 6.28. The van der Waals surface area contributed by atoms with Gasteiger partial charge in [0, 0.05) is 0 Å². The van der Waals surface area contributed by atoms with Crippen LogP contribution in [0, 0.1) is 0 Å². The van der Waals surface area contributed by atoms with Crippen molar-refractivity contribution >= 4 is 38.5 Å². The lowest BCUT2D eigenvalue weighted by Gasteiger charge is -2.21. The van der Waals surface area contributed by atoms with Gasteiger partial charge < -0.3 is 20.1 Å². The molecule has 1 aromatic carbocycles. The molecule has 8 heteroatoms. The first-order valence-corrected chi connectivity index (χ1v) is 7.10. The van der Waals surface area contributed by atoms with Crippen molar-refractivity contribution in [2.24, 2.45) is 0 Å². The van der Waals surface area contributed by atoms with Gasteiger partial charge in [-0.05, 0) is 18.2 Å². The molecule has 2 heterocycles. The van der Waals surface area contributed by atoms with Gasteiger partial charge >= 0.3 is 0 Å². The Morgan fingerprint density at radius 3 is 3.19 bits per heavy atom. The summed E-state index contributed by atoms with van der Waals surface area (Å²) in [5.41, 5.74) is 0.778. The second-order valence-corrected chi connectivity index (χ2v) is 5.51. The summed E-state index contributed by atoms with van der Waals surface area (Å²) in [6, 6.07) is 4.80. The number of nitrogens with zero attached hydrogens (tertiary/aromatic N) is 1. The van der Waals surface area contributed by atoms with Crippen LogP contribution in [0.1, 0.15) is 0 Å². The van der Waals surface area contributed by atoms with Crippen molar-refractivity contribution in [3.63, 3.8) is 0 Å². The minimum Gasteiger partial charge on any atom is -0.497 e. The summed E-state index contributed by atoms with van der Waals surface area (Å²) < 4.78 is 11.1. The van der Waals surface area contributed by atoms with Gasteiger partial charge in [-0.2, -0.15) is 0 Å². The Balaban J connectivity index is 1.75. The molecule has 110 valence electrons. The maximum absolute atomic E-state index is 12.0. The smallest absolute Gasteiger partial charge is 0.251 e. The summed E-state index contributed by atoms with van der Waals surface area (Å²) in [6.07, 6.45) is 0. The Bertz CT molecular complexity index is 700. The number of nitrogens with one attached hydrogen (secondary N) is 2. The van der Waals surface area contributed by atoms with Gasteiger partial charge in [-0.3, -0.25) is 9.59 Å². The van der Waals surface area contributed by atoms with Gasteiger partial charge in [-0.15, -0.1) is 0 Å². The van der Waals surface area contributed by atoms with Crippen LogP contribution in [0.3, 0.4) is 0 Å². The van der Waals surface area contributed by atoms with Crippen LogP contribution < -0.4 is 15.4 Å². The molecule has 1 atom stereocenters. The molecule has 21 heavy (non-hydrogen) atoms. The molecule has 0 aliphatic carbocycles. The van der Waals surface area contributed by atoms with E-state index in [1.807, 2.05) is 18.2 Å². The van der Waals surface area contributed by atoms with Crippen molar-refractivity contribution in [3.05, 3.63) is 18.2 Å². The Labute approximate surface area is 124 Å². The van der Waals surface area contributed by atoms with Crippen LogP contribution >= 0.6 is 11.3 Å². The highest BCUT2D eigenvalue weighted by Crippen LogP contribution is 2.29. The van der Waals surface area contributed by atoms with Crippen LogP contribution in [-0.2, 0) is 14.3 Å². The van der Waals surface area contributed by atoms with Crippen LogP contribution in [0.5, 0.6) is 5.75 Å². The molecule has 7 nitrogen and oxygen atoms in total. The van der Waals surface area contributed by atoms with Crippen molar-refractivity contribution in [2.45, 2.75) is 6.04 Å². The number of carbonyl (C=O) groups is 2. The van der Waals surface area contributed by atoms with E-state index in [-0.39, 0.29) is 25.0 Å². The van der Waals surface area contributed by atoms with Crippen LogP contribution in [0.15, 0.2) is 18.2 Å². The number of hydrogen-bond acceptors (Lipinski definition) is 6. The van der Waals surface area contributed by atoms with Crippen molar-refractivity contribution in [1.29, 1.82) is 0 Å². The standard InChI is InChI=1S/C13H13N3O4S/c1-19-7-2-3-8-10(4-7)21-13(15-8)16-12(18)9-5-20-6-11(17)14-9/h2-4,9H,5-6H2,1H3,(H,14,17)(H,15,16,18). The molecule has 1 fully saturated rings. The molecule has 2 N–H and O–H groups in total. The highest BCUT2D eigenvalue weighted by atomic mass is 32.1. The van der Waals surface area contributed by atoms with E-state index in [4.69, 9.17) is 9.47 Å². The summed E-state index contributed by atoms with van der Waals surface area (Å²) >= 11 is 1.34. The molecule has 1 aromatic heterocycles. The van der Waals surface area contributed by atoms with Crippen molar-refractivity contribution in [3.8, 4) is 5.75 Å². The third kappa shape index (κ3) is 2.96. The minimum absolute atomic E-state index is 0.00921. The highest BCUT2D eigenvalue weighted by molar-refractivity contribution is 7.22. The maximum atomic E-state index is 12.0. The summed E-state index contributed by atoms with van der Waals surface area (Å²) in [5, 5.41) is 5.74. The first kappa shape index (κ1) is 13.8. The second-order valence-electron chi connectivity index (χ2n) is 4.48. The van der Waals surface area contributed by atoms with Crippen molar-refractivity contribution < 1.29 is 19.1 Å².